The van der Waals surface area contributed by atoms with E-state index in [1.807, 2.05) is 19.2 Å². The fourth-order valence-corrected chi connectivity index (χ4v) is 2.03. The summed E-state index contributed by atoms with van der Waals surface area (Å²) < 4.78 is 0. The van der Waals surface area contributed by atoms with Gasteiger partial charge in [-0.25, -0.2) is 0 Å². The predicted octanol–water partition coefficient (Wildman–Crippen LogP) is 3.73. The molecule has 2 aromatic rings. The molecule has 0 saturated carbocycles. The largest absolute Gasteiger partial charge is 0.310 e. The van der Waals surface area contributed by atoms with Crippen molar-refractivity contribution < 1.29 is 0 Å². The van der Waals surface area contributed by atoms with Crippen LogP contribution in [0.25, 0.3) is 11.1 Å². The van der Waals surface area contributed by atoms with E-state index in [9.17, 15) is 0 Å². The molecule has 0 fully saturated rings. The molecule has 18 heavy (non-hydrogen) atoms. The Morgan fingerprint density at radius 2 is 1.72 bits per heavy atom. The van der Waals surface area contributed by atoms with Crippen LogP contribution in [0.15, 0.2) is 42.6 Å². The second kappa shape index (κ2) is 5.78. The molecule has 1 unspecified atom stereocenters. The van der Waals surface area contributed by atoms with E-state index in [0.717, 1.165) is 12.2 Å². The third kappa shape index (κ3) is 2.96. The van der Waals surface area contributed by atoms with Crippen LogP contribution in [-0.4, -0.2) is 11.5 Å². The minimum absolute atomic E-state index is 0.403. The molecule has 1 heterocycles. The fraction of sp³-hybridized carbons (Fsp3) is 0.312. The van der Waals surface area contributed by atoms with Crippen LogP contribution in [0.5, 0.6) is 0 Å². The van der Waals surface area contributed by atoms with E-state index in [-0.39, 0.29) is 0 Å². The zero-order valence-electron chi connectivity index (χ0n) is 11.3. The van der Waals surface area contributed by atoms with Gasteiger partial charge in [0.25, 0.3) is 0 Å². The highest BCUT2D eigenvalue weighted by molar-refractivity contribution is 5.62. The number of hydrogen-bond donors (Lipinski definition) is 1. The number of benzene rings is 1. The second-order valence-electron chi connectivity index (χ2n) is 4.59. The van der Waals surface area contributed by atoms with Crippen molar-refractivity contribution in [2.75, 3.05) is 6.54 Å². The van der Waals surface area contributed by atoms with Crippen LogP contribution in [-0.2, 0) is 0 Å². The van der Waals surface area contributed by atoms with Crippen molar-refractivity contribution in [3.8, 4) is 11.1 Å². The summed E-state index contributed by atoms with van der Waals surface area (Å²) in [6.07, 6.45) is 1.93. The summed E-state index contributed by atoms with van der Waals surface area (Å²) in [5, 5.41) is 3.42. The zero-order chi connectivity index (χ0) is 13.0. The average molecular weight is 240 g/mol. The van der Waals surface area contributed by atoms with Gasteiger partial charge in [0.05, 0.1) is 0 Å². The molecule has 0 amide bonds. The summed E-state index contributed by atoms with van der Waals surface area (Å²) in [5.41, 5.74) is 4.76. The first-order chi connectivity index (χ1) is 8.70. The smallest absolute Gasteiger partial charge is 0.0373 e. The van der Waals surface area contributed by atoms with E-state index >= 15 is 0 Å². The number of nitrogens with zero attached hydrogens (tertiary/aromatic N) is 1. The Labute approximate surface area is 109 Å². The summed E-state index contributed by atoms with van der Waals surface area (Å²) in [4.78, 5) is 4.33. The van der Waals surface area contributed by atoms with E-state index in [2.05, 4.69) is 54.5 Å². The summed E-state index contributed by atoms with van der Waals surface area (Å²) >= 11 is 0. The SMILES string of the molecule is CCNC(C)c1ccc(-c2ccc(C)nc2)cc1. The monoisotopic (exact) mass is 240 g/mol. The Bertz CT molecular complexity index is 486. The zero-order valence-corrected chi connectivity index (χ0v) is 11.3. The summed E-state index contributed by atoms with van der Waals surface area (Å²) in [6, 6.07) is 13.3. The van der Waals surface area contributed by atoms with Crippen molar-refractivity contribution in [2.45, 2.75) is 26.8 Å². The Morgan fingerprint density at radius 1 is 1.06 bits per heavy atom. The van der Waals surface area contributed by atoms with Crippen molar-refractivity contribution in [2.24, 2.45) is 0 Å². The molecular formula is C16H20N2. The number of rotatable bonds is 4. The average Bonchev–Trinajstić information content (AvgIpc) is 2.40. The van der Waals surface area contributed by atoms with E-state index < -0.39 is 0 Å². The molecule has 1 atom stereocenters. The molecule has 94 valence electrons. The van der Waals surface area contributed by atoms with Crippen molar-refractivity contribution >= 4 is 0 Å². The predicted molar refractivity (Wildman–Crippen MR) is 76.5 cm³/mol. The van der Waals surface area contributed by atoms with Crippen LogP contribution in [0.3, 0.4) is 0 Å². The second-order valence-corrected chi connectivity index (χ2v) is 4.59. The van der Waals surface area contributed by atoms with Gasteiger partial charge in [-0.15, -0.1) is 0 Å². The van der Waals surface area contributed by atoms with Gasteiger partial charge >= 0.3 is 0 Å². The minimum Gasteiger partial charge on any atom is -0.310 e. The maximum atomic E-state index is 4.33. The van der Waals surface area contributed by atoms with Gasteiger partial charge in [0.15, 0.2) is 0 Å². The third-order valence-corrected chi connectivity index (χ3v) is 3.17. The lowest BCUT2D eigenvalue weighted by molar-refractivity contribution is 0.598. The molecular weight excluding hydrogens is 220 g/mol. The highest BCUT2D eigenvalue weighted by Gasteiger charge is 2.04. The first-order valence-electron chi connectivity index (χ1n) is 6.47. The van der Waals surface area contributed by atoms with Crippen molar-refractivity contribution in [1.82, 2.24) is 10.3 Å². The molecule has 2 rings (SSSR count). The van der Waals surface area contributed by atoms with E-state index in [1.54, 1.807) is 0 Å². The maximum absolute atomic E-state index is 4.33. The molecule has 2 nitrogen and oxygen atoms in total. The normalized spacial score (nSPS) is 12.4. The van der Waals surface area contributed by atoms with Gasteiger partial charge in [0, 0.05) is 23.5 Å². The van der Waals surface area contributed by atoms with Crippen LogP contribution in [0.2, 0.25) is 0 Å². The van der Waals surface area contributed by atoms with E-state index in [0.29, 0.717) is 6.04 Å². The Kier molecular flexibility index (Phi) is 4.11. The Balaban J connectivity index is 2.19. The van der Waals surface area contributed by atoms with Crippen LogP contribution in [0.4, 0.5) is 0 Å². The lowest BCUT2D eigenvalue weighted by Gasteiger charge is -2.13. The molecule has 1 aromatic heterocycles. The van der Waals surface area contributed by atoms with Crippen LogP contribution >= 0.6 is 0 Å². The summed E-state index contributed by atoms with van der Waals surface area (Å²) in [7, 11) is 0. The van der Waals surface area contributed by atoms with E-state index in [4.69, 9.17) is 0 Å². The maximum Gasteiger partial charge on any atom is 0.0373 e. The van der Waals surface area contributed by atoms with Gasteiger partial charge in [0.2, 0.25) is 0 Å². The molecule has 0 aliphatic carbocycles. The van der Waals surface area contributed by atoms with Gasteiger partial charge in [-0.1, -0.05) is 37.3 Å². The van der Waals surface area contributed by atoms with E-state index in [1.165, 1.54) is 16.7 Å². The van der Waals surface area contributed by atoms with Gasteiger partial charge in [-0.05, 0) is 37.6 Å². The molecule has 0 aliphatic heterocycles. The van der Waals surface area contributed by atoms with Crippen molar-refractivity contribution in [3.63, 3.8) is 0 Å². The number of pyridine rings is 1. The van der Waals surface area contributed by atoms with Gasteiger partial charge in [0.1, 0.15) is 0 Å². The Hall–Kier alpha value is -1.67. The third-order valence-electron chi connectivity index (χ3n) is 3.17. The molecule has 2 heteroatoms. The standard InChI is InChI=1S/C16H20N2/c1-4-17-13(3)14-7-9-15(10-8-14)16-6-5-12(2)18-11-16/h5-11,13,17H,4H2,1-3H3. The van der Waals surface area contributed by atoms with Crippen molar-refractivity contribution in [1.29, 1.82) is 0 Å². The first-order valence-corrected chi connectivity index (χ1v) is 6.47. The molecule has 0 saturated heterocycles. The topological polar surface area (TPSA) is 24.9 Å². The molecule has 0 spiro atoms. The first kappa shape index (κ1) is 12.8. The molecule has 0 aliphatic rings. The van der Waals surface area contributed by atoms with Gasteiger partial charge < -0.3 is 5.32 Å². The molecule has 1 N–H and O–H groups in total. The van der Waals surface area contributed by atoms with Crippen molar-refractivity contribution in [3.05, 3.63) is 53.9 Å². The minimum atomic E-state index is 0.403. The van der Waals surface area contributed by atoms with Gasteiger partial charge in [-0.2, -0.15) is 0 Å². The number of nitrogens with one attached hydrogen (secondary N) is 1. The number of aromatic nitrogens is 1. The molecule has 1 aromatic carbocycles. The van der Waals surface area contributed by atoms with Crippen LogP contribution in [0, 0.1) is 6.92 Å². The number of aryl methyl sites for hydroxylation is 1. The van der Waals surface area contributed by atoms with Crippen LogP contribution < -0.4 is 5.32 Å². The fourth-order valence-electron chi connectivity index (χ4n) is 2.03. The van der Waals surface area contributed by atoms with Gasteiger partial charge in [-0.3, -0.25) is 4.98 Å². The highest BCUT2D eigenvalue weighted by Crippen LogP contribution is 2.21. The molecule has 0 radical (unpaired) electrons. The van der Waals surface area contributed by atoms with Crippen LogP contribution in [0.1, 0.15) is 31.1 Å². The lowest BCUT2D eigenvalue weighted by atomic mass is 10.0. The summed E-state index contributed by atoms with van der Waals surface area (Å²) in [6.45, 7) is 7.31. The quantitative estimate of drug-likeness (QED) is 0.881. The lowest BCUT2D eigenvalue weighted by Crippen LogP contribution is -2.17. The Morgan fingerprint density at radius 3 is 2.28 bits per heavy atom. The molecule has 0 bridgehead atoms. The summed E-state index contributed by atoms with van der Waals surface area (Å²) in [5.74, 6) is 0. The number of hydrogen-bond acceptors (Lipinski definition) is 2. The highest BCUT2D eigenvalue weighted by atomic mass is 14.9.